The van der Waals surface area contributed by atoms with E-state index in [4.69, 9.17) is 15.3 Å². The van der Waals surface area contributed by atoms with Crippen molar-refractivity contribution in [2.75, 3.05) is 6.61 Å². The molecule has 6 nitrogen and oxygen atoms in total. The minimum absolute atomic E-state index is 0.0912. The number of aromatic carboxylic acids is 2. The molecular formula is C11H10O6. The van der Waals surface area contributed by atoms with Crippen molar-refractivity contribution < 1.29 is 29.7 Å². The van der Waals surface area contributed by atoms with Crippen molar-refractivity contribution in [3.05, 3.63) is 34.9 Å². The number of aliphatic hydroxyl groups excluding tert-OH is 1. The van der Waals surface area contributed by atoms with E-state index in [0.29, 0.717) is 0 Å². The first kappa shape index (κ1) is 12.9. The lowest BCUT2D eigenvalue weighted by atomic mass is 9.96. The monoisotopic (exact) mass is 238 g/mol. The summed E-state index contributed by atoms with van der Waals surface area (Å²) in [5.74, 6) is -3.26. The van der Waals surface area contributed by atoms with E-state index in [0.717, 1.165) is 0 Å². The van der Waals surface area contributed by atoms with Crippen LogP contribution in [0.5, 0.6) is 0 Å². The van der Waals surface area contributed by atoms with E-state index in [1.807, 2.05) is 0 Å². The van der Waals surface area contributed by atoms with Gasteiger partial charge in [-0.3, -0.25) is 4.79 Å². The van der Waals surface area contributed by atoms with Gasteiger partial charge < -0.3 is 15.3 Å². The molecule has 0 atom stereocenters. The Kier molecular flexibility index (Phi) is 3.95. The molecule has 0 fully saturated rings. The molecule has 1 rings (SSSR count). The van der Waals surface area contributed by atoms with Crippen LogP contribution in [-0.2, 0) is 11.2 Å². The van der Waals surface area contributed by atoms with E-state index in [1.54, 1.807) is 0 Å². The Balaban J connectivity index is 3.33. The Bertz CT molecular complexity index is 445. The van der Waals surface area contributed by atoms with E-state index in [2.05, 4.69) is 0 Å². The van der Waals surface area contributed by atoms with Crippen LogP contribution in [0.2, 0.25) is 0 Å². The number of Topliss-reactive ketones (excluding diaryl/α,β-unsaturated/α-hetero) is 1. The van der Waals surface area contributed by atoms with Gasteiger partial charge in [-0.05, 0) is 17.7 Å². The number of rotatable bonds is 5. The zero-order valence-electron chi connectivity index (χ0n) is 8.71. The van der Waals surface area contributed by atoms with Crippen molar-refractivity contribution in [3.63, 3.8) is 0 Å². The van der Waals surface area contributed by atoms with Gasteiger partial charge in [0.2, 0.25) is 0 Å². The fourth-order valence-corrected chi connectivity index (χ4v) is 1.43. The highest BCUT2D eigenvalue weighted by Crippen LogP contribution is 2.16. The first-order valence-electron chi connectivity index (χ1n) is 4.68. The van der Waals surface area contributed by atoms with E-state index in [-0.39, 0.29) is 16.7 Å². The number of ketones is 1. The van der Waals surface area contributed by atoms with Gasteiger partial charge >= 0.3 is 11.9 Å². The maximum Gasteiger partial charge on any atom is 0.336 e. The summed E-state index contributed by atoms with van der Waals surface area (Å²) in [4.78, 5) is 32.9. The first-order valence-corrected chi connectivity index (χ1v) is 4.68. The van der Waals surface area contributed by atoms with Gasteiger partial charge in [0.15, 0.2) is 5.78 Å². The molecule has 1 aromatic rings. The van der Waals surface area contributed by atoms with Crippen molar-refractivity contribution in [1.29, 1.82) is 0 Å². The van der Waals surface area contributed by atoms with E-state index in [9.17, 15) is 14.4 Å². The molecule has 0 unspecified atom stereocenters. The van der Waals surface area contributed by atoms with Gasteiger partial charge in [-0.15, -0.1) is 0 Å². The van der Waals surface area contributed by atoms with Crippen LogP contribution >= 0.6 is 0 Å². The summed E-state index contributed by atoms with van der Waals surface area (Å²) in [7, 11) is 0. The Hall–Kier alpha value is -2.21. The zero-order chi connectivity index (χ0) is 13.0. The molecule has 0 radical (unpaired) electrons. The Morgan fingerprint density at radius 2 is 1.47 bits per heavy atom. The van der Waals surface area contributed by atoms with Gasteiger partial charge in [-0.2, -0.15) is 0 Å². The molecule has 90 valence electrons. The van der Waals surface area contributed by atoms with Crippen molar-refractivity contribution in [2.45, 2.75) is 6.42 Å². The van der Waals surface area contributed by atoms with Gasteiger partial charge in [0, 0.05) is 6.42 Å². The van der Waals surface area contributed by atoms with E-state index < -0.39 is 30.7 Å². The Morgan fingerprint density at radius 1 is 1.00 bits per heavy atom. The number of hydrogen-bond acceptors (Lipinski definition) is 4. The summed E-state index contributed by atoms with van der Waals surface area (Å²) in [6.45, 7) is -0.757. The molecule has 1 aromatic carbocycles. The number of carboxylic acid groups (broad SMARTS) is 2. The zero-order valence-corrected chi connectivity index (χ0v) is 8.71. The van der Waals surface area contributed by atoms with E-state index in [1.165, 1.54) is 18.2 Å². The maximum atomic E-state index is 11.1. The number of aliphatic hydroxyl groups is 1. The van der Waals surface area contributed by atoms with Crippen LogP contribution in [0.1, 0.15) is 26.3 Å². The minimum Gasteiger partial charge on any atom is -0.478 e. The van der Waals surface area contributed by atoms with Crippen LogP contribution in [0.15, 0.2) is 18.2 Å². The minimum atomic E-state index is -1.31. The van der Waals surface area contributed by atoms with Crippen molar-refractivity contribution in [2.24, 2.45) is 0 Å². The van der Waals surface area contributed by atoms with Crippen LogP contribution in [0.3, 0.4) is 0 Å². The fraction of sp³-hybridized carbons (Fsp3) is 0.182. The van der Waals surface area contributed by atoms with Gasteiger partial charge in [-0.25, -0.2) is 9.59 Å². The summed E-state index contributed by atoms with van der Waals surface area (Å²) >= 11 is 0. The average Bonchev–Trinajstić information content (AvgIpc) is 2.28. The first-order chi connectivity index (χ1) is 7.97. The molecule has 0 aliphatic heterocycles. The molecular weight excluding hydrogens is 228 g/mol. The molecule has 0 saturated heterocycles. The highest BCUT2D eigenvalue weighted by molar-refractivity contribution is 5.99. The largest absolute Gasteiger partial charge is 0.478 e. The fourth-order valence-electron chi connectivity index (χ4n) is 1.43. The number of carbonyl (C=O) groups excluding carboxylic acids is 1. The van der Waals surface area contributed by atoms with Gasteiger partial charge in [-0.1, -0.05) is 6.07 Å². The molecule has 0 aromatic heterocycles. The predicted octanol–water partition coefficient (Wildman–Crippen LogP) is 0.187. The third kappa shape index (κ3) is 2.88. The summed E-state index contributed by atoms with van der Waals surface area (Å²) in [5.41, 5.74) is -0.579. The van der Waals surface area contributed by atoms with Crippen molar-refractivity contribution in [3.8, 4) is 0 Å². The highest BCUT2D eigenvalue weighted by atomic mass is 16.4. The van der Waals surface area contributed by atoms with Gasteiger partial charge in [0.25, 0.3) is 0 Å². The van der Waals surface area contributed by atoms with Crippen molar-refractivity contribution in [1.82, 2.24) is 0 Å². The number of carbonyl (C=O) groups is 3. The number of carboxylic acids is 2. The van der Waals surface area contributed by atoms with Crippen LogP contribution < -0.4 is 0 Å². The molecule has 0 heterocycles. The second-order valence-corrected chi connectivity index (χ2v) is 3.32. The Morgan fingerprint density at radius 3 is 1.82 bits per heavy atom. The topological polar surface area (TPSA) is 112 Å². The molecule has 0 amide bonds. The molecule has 0 saturated carbocycles. The quantitative estimate of drug-likeness (QED) is 0.674. The molecule has 6 heteroatoms. The Labute approximate surface area is 96.1 Å². The molecule has 0 bridgehead atoms. The summed E-state index contributed by atoms with van der Waals surface area (Å²) < 4.78 is 0. The summed E-state index contributed by atoms with van der Waals surface area (Å²) in [5, 5.41) is 26.4. The maximum absolute atomic E-state index is 11.1. The molecule has 3 N–H and O–H groups in total. The SMILES string of the molecule is O=C(CO)Cc1c(C(=O)O)cccc1C(=O)O. The third-order valence-electron chi connectivity index (χ3n) is 2.19. The lowest BCUT2D eigenvalue weighted by Crippen LogP contribution is -2.15. The lowest BCUT2D eigenvalue weighted by molar-refractivity contribution is -0.121. The second kappa shape index (κ2) is 5.22. The molecule has 0 aliphatic rings. The smallest absolute Gasteiger partial charge is 0.336 e. The average molecular weight is 238 g/mol. The lowest BCUT2D eigenvalue weighted by Gasteiger charge is -2.08. The molecule has 17 heavy (non-hydrogen) atoms. The van der Waals surface area contributed by atoms with Crippen LogP contribution in [0.25, 0.3) is 0 Å². The standard InChI is InChI=1S/C11H10O6/c12-5-6(13)4-9-7(10(14)15)2-1-3-8(9)11(16)17/h1-3,12H,4-5H2,(H,14,15)(H,16,17). The van der Waals surface area contributed by atoms with E-state index >= 15 is 0 Å². The summed E-state index contributed by atoms with van der Waals surface area (Å²) in [6.07, 6.45) is -0.416. The van der Waals surface area contributed by atoms with Crippen LogP contribution in [0.4, 0.5) is 0 Å². The predicted molar refractivity (Wildman–Crippen MR) is 56.2 cm³/mol. The highest BCUT2D eigenvalue weighted by Gasteiger charge is 2.19. The van der Waals surface area contributed by atoms with Crippen LogP contribution in [0, 0.1) is 0 Å². The second-order valence-electron chi connectivity index (χ2n) is 3.32. The summed E-state index contributed by atoms with van der Waals surface area (Å²) in [6, 6.07) is 3.73. The normalized spacial score (nSPS) is 9.94. The van der Waals surface area contributed by atoms with Gasteiger partial charge in [0.1, 0.15) is 6.61 Å². The van der Waals surface area contributed by atoms with Crippen molar-refractivity contribution >= 4 is 17.7 Å². The third-order valence-corrected chi connectivity index (χ3v) is 2.19. The van der Waals surface area contributed by atoms with Crippen LogP contribution in [-0.4, -0.2) is 39.6 Å². The van der Waals surface area contributed by atoms with Gasteiger partial charge in [0.05, 0.1) is 11.1 Å². The molecule has 0 aliphatic carbocycles. The number of hydrogen-bond donors (Lipinski definition) is 3. The number of benzene rings is 1. The molecule has 0 spiro atoms.